The molecule has 1 aromatic carbocycles. The van der Waals surface area contributed by atoms with Crippen molar-refractivity contribution in [3.63, 3.8) is 0 Å². The minimum absolute atomic E-state index is 0.00410. The molecule has 5 rings (SSSR count). The Balaban J connectivity index is 1.33. The van der Waals surface area contributed by atoms with Gasteiger partial charge >= 0.3 is 0 Å². The number of rotatable bonds is 5. The van der Waals surface area contributed by atoms with Crippen molar-refractivity contribution in [3.05, 3.63) is 47.3 Å². The highest BCUT2D eigenvalue weighted by Gasteiger charge is 2.31. The molecular weight excluding hydrogens is 404 g/mol. The number of imidazole rings is 1. The molecule has 10 heteroatoms. The molecule has 1 saturated carbocycles. The first-order valence-electron chi connectivity index (χ1n) is 10.1. The van der Waals surface area contributed by atoms with Crippen molar-refractivity contribution in [2.24, 2.45) is 13.0 Å². The first-order valence-corrected chi connectivity index (χ1v) is 11.6. The van der Waals surface area contributed by atoms with E-state index in [0.29, 0.717) is 43.0 Å². The zero-order chi connectivity index (χ0) is 20.9. The van der Waals surface area contributed by atoms with Gasteiger partial charge < -0.3 is 9.47 Å². The van der Waals surface area contributed by atoms with E-state index in [1.165, 1.54) is 27.9 Å². The molecule has 1 aliphatic heterocycles. The number of benzene rings is 1. The molecule has 3 aromatic rings. The fourth-order valence-electron chi connectivity index (χ4n) is 3.95. The summed E-state index contributed by atoms with van der Waals surface area (Å²) in [6, 6.07) is 5.68. The zero-order valence-corrected chi connectivity index (χ0v) is 17.6. The number of piperazine rings is 1. The van der Waals surface area contributed by atoms with Gasteiger partial charge in [-0.15, -0.1) is 0 Å². The van der Waals surface area contributed by atoms with Crippen LogP contribution in [-0.2, 0) is 23.6 Å². The number of aryl methyl sites for hydroxylation is 1. The third-order valence-corrected chi connectivity index (χ3v) is 7.81. The van der Waals surface area contributed by atoms with Crippen molar-refractivity contribution in [2.75, 3.05) is 31.1 Å². The van der Waals surface area contributed by atoms with Gasteiger partial charge in [0.05, 0.1) is 17.2 Å². The molecule has 158 valence electrons. The summed E-state index contributed by atoms with van der Waals surface area (Å²) in [5, 5.41) is 0.686. The van der Waals surface area contributed by atoms with E-state index in [4.69, 9.17) is 0 Å². The van der Waals surface area contributed by atoms with E-state index in [-0.39, 0.29) is 10.7 Å². The maximum atomic E-state index is 12.8. The van der Waals surface area contributed by atoms with E-state index >= 15 is 0 Å². The van der Waals surface area contributed by atoms with Gasteiger partial charge in [-0.3, -0.25) is 9.36 Å². The van der Waals surface area contributed by atoms with Gasteiger partial charge in [0.25, 0.3) is 15.6 Å². The van der Waals surface area contributed by atoms with Crippen LogP contribution in [0.15, 0.2) is 46.9 Å². The topological polar surface area (TPSA) is 93.3 Å². The molecule has 0 bridgehead atoms. The third-order valence-electron chi connectivity index (χ3n) is 5.91. The molecule has 0 unspecified atom stereocenters. The average Bonchev–Trinajstić information content (AvgIpc) is 3.46. The van der Waals surface area contributed by atoms with Crippen molar-refractivity contribution in [1.29, 1.82) is 0 Å². The smallest absolute Gasteiger partial charge is 0.277 e. The second-order valence-electron chi connectivity index (χ2n) is 8.06. The van der Waals surface area contributed by atoms with Gasteiger partial charge in [-0.25, -0.2) is 18.4 Å². The summed E-state index contributed by atoms with van der Waals surface area (Å²) in [5.41, 5.74) is 1.63. The Morgan fingerprint density at radius 3 is 2.53 bits per heavy atom. The summed E-state index contributed by atoms with van der Waals surface area (Å²) in [4.78, 5) is 23.3. The van der Waals surface area contributed by atoms with Gasteiger partial charge in [0.1, 0.15) is 0 Å². The van der Waals surface area contributed by atoms with Gasteiger partial charge in [0, 0.05) is 57.9 Å². The molecule has 2 fully saturated rings. The van der Waals surface area contributed by atoms with Crippen LogP contribution in [0.5, 0.6) is 0 Å². The van der Waals surface area contributed by atoms with E-state index in [0.717, 1.165) is 12.2 Å². The standard InChI is InChI=1S/C20H24N6O3S/c1-23-7-6-21-20(23)30(28,29)26-10-8-24(9-11-26)16-4-5-17-18(12-16)22-14-25(19(17)27)13-15-2-3-15/h4-7,12,14-15H,2-3,8-11,13H2,1H3. The summed E-state index contributed by atoms with van der Waals surface area (Å²) in [7, 11) is -1.93. The zero-order valence-electron chi connectivity index (χ0n) is 16.8. The minimum atomic E-state index is -3.60. The van der Waals surface area contributed by atoms with Crippen molar-refractivity contribution >= 4 is 26.6 Å². The number of hydrogen-bond donors (Lipinski definition) is 0. The summed E-state index contributed by atoms with van der Waals surface area (Å²) >= 11 is 0. The Kier molecular flexibility index (Phi) is 4.62. The van der Waals surface area contributed by atoms with E-state index in [1.807, 2.05) is 18.2 Å². The SMILES string of the molecule is Cn1ccnc1S(=O)(=O)N1CCN(c2ccc3c(=O)n(CC4CC4)cnc3c2)CC1. The lowest BCUT2D eigenvalue weighted by Crippen LogP contribution is -2.49. The number of anilines is 1. The highest BCUT2D eigenvalue weighted by Crippen LogP contribution is 2.30. The Morgan fingerprint density at radius 1 is 1.10 bits per heavy atom. The molecule has 3 heterocycles. The molecular formula is C20H24N6O3S. The van der Waals surface area contributed by atoms with Crippen molar-refractivity contribution < 1.29 is 8.42 Å². The number of nitrogens with zero attached hydrogens (tertiary/aromatic N) is 6. The molecule has 1 aliphatic carbocycles. The van der Waals surface area contributed by atoms with Gasteiger partial charge in [0.2, 0.25) is 5.16 Å². The maximum absolute atomic E-state index is 12.8. The molecule has 0 spiro atoms. The van der Waals surface area contributed by atoms with Crippen molar-refractivity contribution in [1.82, 2.24) is 23.4 Å². The summed E-state index contributed by atoms with van der Waals surface area (Å²) in [6.07, 6.45) is 7.13. The fourth-order valence-corrected chi connectivity index (χ4v) is 5.45. The molecule has 0 amide bonds. The lowest BCUT2D eigenvalue weighted by atomic mass is 10.2. The van der Waals surface area contributed by atoms with E-state index < -0.39 is 10.0 Å². The summed E-state index contributed by atoms with van der Waals surface area (Å²) in [6.45, 7) is 2.63. The largest absolute Gasteiger partial charge is 0.369 e. The van der Waals surface area contributed by atoms with Gasteiger partial charge in [0.15, 0.2) is 0 Å². The highest BCUT2D eigenvalue weighted by molar-refractivity contribution is 7.89. The molecule has 30 heavy (non-hydrogen) atoms. The number of aromatic nitrogens is 4. The first kappa shape index (κ1) is 19.3. The van der Waals surface area contributed by atoms with Crippen LogP contribution in [-0.4, -0.2) is 58.0 Å². The van der Waals surface area contributed by atoms with Crippen LogP contribution in [0.2, 0.25) is 0 Å². The molecule has 2 aromatic heterocycles. The van der Waals surface area contributed by atoms with Crippen molar-refractivity contribution in [3.8, 4) is 0 Å². The van der Waals surface area contributed by atoms with E-state index in [2.05, 4.69) is 14.9 Å². The molecule has 2 aliphatic rings. The predicted octanol–water partition coefficient (Wildman–Crippen LogP) is 1.05. The molecule has 0 radical (unpaired) electrons. The summed E-state index contributed by atoms with van der Waals surface area (Å²) in [5.74, 6) is 0.611. The van der Waals surface area contributed by atoms with Crippen molar-refractivity contribution in [2.45, 2.75) is 24.5 Å². The highest BCUT2D eigenvalue weighted by atomic mass is 32.2. The Bertz CT molecular complexity index is 1250. The second-order valence-corrected chi connectivity index (χ2v) is 9.89. The quantitative estimate of drug-likeness (QED) is 0.603. The van der Waals surface area contributed by atoms with Crippen LogP contribution in [0.3, 0.4) is 0 Å². The van der Waals surface area contributed by atoms with Crippen LogP contribution in [0.1, 0.15) is 12.8 Å². The normalized spacial score (nSPS) is 18.2. The van der Waals surface area contributed by atoms with Crippen LogP contribution < -0.4 is 10.5 Å². The summed E-state index contributed by atoms with van der Waals surface area (Å²) < 4.78 is 30.3. The fraction of sp³-hybridized carbons (Fsp3) is 0.450. The van der Waals surface area contributed by atoms with Gasteiger partial charge in [-0.1, -0.05) is 0 Å². The van der Waals surface area contributed by atoms with Crippen LogP contribution in [0, 0.1) is 5.92 Å². The van der Waals surface area contributed by atoms with Crippen LogP contribution in [0.25, 0.3) is 10.9 Å². The van der Waals surface area contributed by atoms with Gasteiger partial charge in [-0.2, -0.15) is 4.31 Å². The average molecular weight is 429 g/mol. The number of hydrogen-bond acceptors (Lipinski definition) is 6. The monoisotopic (exact) mass is 428 g/mol. The van der Waals surface area contributed by atoms with Crippen LogP contribution >= 0.6 is 0 Å². The van der Waals surface area contributed by atoms with Gasteiger partial charge in [-0.05, 0) is 37.0 Å². The Hall–Kier alpha value is -2.72. The lowest BCUT2D eigenvalue weighted by molar-refractivity contribution is 0.380. The first-order chi connectivity index (χ1) is 14.4. The molecule has 0 atom stereocenters. The predicted molar refractivity (Wildman–Crippen MR) is 113 cm³/mol. The Labute approximate surface area is 174 Å². The number of fused-ring (bicyclic) bond motifs is 1. The molecule has 0 N–H and O–H groups in total. The lowest BCUT2D eigenvalue weighted by Gasteiger charge is -2.35. The Morgan fingerprint density at radius 2 is 1.87 bits per heavy atom. The van der Waals surface area contributed by atoms with Crippen LogP contribution in [0.4, 0.5) is 5.69 Å². The second kappa shape index (κ2) is 7.21. The minimum Gasteiger partial charge on any atom is -0.369 e. The maximum Gasteiger partial charge on any atom is 0.277 e. The number of sulfonamides is 1. The van der Waals surface area contributed by atoms with E-state index in [1.54, 1.807) is 24.1 Å². The molecule has 9 nitrogen and oxygen atoms in total. The molecule has 1 saturated heterocycles. The third kappa shape index (κ3) is 3.39. The van der Waals surface area contributed by atoms with E-state index in [9.17, 15) is 13.2 Å².